The van der Waals surface area contributed by atoms with Gasteiger partial charge in [0.25, 0.3) is 0 Å². The van der Waals surface area contributed by atoms with Crippen LogP contribution in [0.4, 0.5) is 29.5 Å². The second-order valence-electron chi connectivity index (χ2n) is 10.6. The minimum absolute atomic E-state index is 0.00667. The molecule has 2 amide bonds. The molecule has 0 radical (unpaired) electrons. The number of urea groups is 1. The van der Waals surface area contributed by atoms with Crippen molar-refractivity contribution in [3.05, 3.63) is 48.0 Å². The summed E-state index contributed by atoms with van der Waals surface area (Å²) < 4.78 is 53.3. The number of nitrogens with zero attached hydrogens (tertiary/aromatic N) is 5. The topological polar surface area (TPSA) is 257 Å². The van der Waals surface area contributed by atoms with Gasteiger partial charge in [-0.15, -0.1) is 0 Å². The number of rotatable bonds is 9. The van der Waals surface area contributed by atoms with Gasteiger partial charge in [0.05, 0.1) is 31.1 Å². The van der Waals surface area contributed by atoms with Crippen LogP contribution in [0.25, 0.3) is 21.9 Å². The fraction of sp³-hybridized carbons (Fsp3) is 0.357. The van der Waals surface area contributed by atoms with E-state index in [-0.39, 0.29) is 48.0 Å². The largest absolute Gasteiger partial charge is 0.507 e. The lowest BCUT2D eigenvalue weighted by molar-refractivity contribution is -0.136. The normalized spacial score (nSPS) is 19.8. The van der Waals surface area contributed by atoms with Gasteiger partial charge in [0.2, 0.25) is 0 Å². The number of phenols is 1. The first-order valence-corrected chi connectivity index (χ1v) is 14.3. The number of aliphatic hydroxyl groups is 2. The van der Waals surface area contributed by atoms with Gasteiger partial charge >= 0.3 is 18.2 Å². The van der Waals surface area contributed by atoms with E-state index in [4.69, 9.17) is 16.2 Å². The Bertz CT molecular complexity index is 1870. The number of aliphatic hydroxyl groups excluding tert-OH is 2. The molecule has 0 spiro atoms. The third kappa shape index (κ3) is 7.09. The van der Waals surface area contributed by atoms with Crippen LogP contribution in [-0.4, -0.2) is 97.9 Å². The number of hydrogen-bond donors (Lipinski definition) is 8. The maximum atomic E-state index is 13.9. The third-order valence-electron chi connectivity index (χ3n) is 7.42. The van der Waals surface area contributed by atoms with E-state index in [0.717, 1.165) is 25.3 Å². The van der Waals surface area contributed by atoms with E-state index < -0.39 is 59.4 Å². The maximum absolute atomic E-state index is 13.9. The number of ether oxygens (including phenoxy) is 2. The Morgan fingerprint density at radius 1 is 1.08 bits per heavy atom. The lowest BCUT2D eigenvalue weighted by Crippen LogP contribution is -2.37. The fourth-order valence-electron chi connectivity index (χ4n) is 5.08. The van der Waals surface area contributed by atoms with Gasteiger partial charge in [-0.1, -0.05) is 0 Å². The summed E-state index contributed by atoms with van der Waals surface area (Å²) in [6.07, 6.45) is -6.52. The molecule has 48 heavy (non-hydrogen) atoms. The molecule has 0 saturated carbocycles. The van der Waals surface area contributed by atoms with Crippen molar-refractivity contribution < 1.29 is 47.6 Å². The number of hydrogen-bond acceptors (Lipinski definition) is 12. The molecule has 1 aliphatic heterocycles. The number of esters is 1. The first kappa shape index (κ1) is 33.9. The molecule has 20 heteroatoms. The highest BCUT2D eigenvalue weighted by molar-refractivity contribution is 6.02. The highest BCUT2D eigenvalue weighted by Gasteiger charge is 2.44. The SMILES string of the molecule is COC(=O)c1cc(O)c2cc(NC(=O)NCCCNC(N)=NC[C@H]3O[C@@H](n4cnc5c(N)ncnc54)[C@H](O)[C@@H]3O)cc(C(F)(F)F)c2c1. The Morgan fingerprint density at radius 2 is 1.83 bits per heavy atom. The van der Waals surface area contributed by atoms with Crippen molar-refractivity contribution in [3.8, 4) is 5.75 Å². The molecule has 3 heterocycles. The number of carbonyl (C=O) groups excluding carboxylic acids is 2. The molecule has 4 atom stereocenters. The minimum atomic E-state index is -4.87. The number of nitrogen functional groups attached to an aromatic ring is 1. The van der Waals surface area contributed by atoms with Crippen LogP contribution in [0.2, 0.25) is 0 Å². The van der Waals surface area contributed by atoms with Crippen molar-refractivity contribution in [1.82, 2.24) is 30.2 Å². The van der Waals surface area contributed by atoms with Crippen LogP contribution in [0.5, 0.6) is 5.75 Å². The maximum Gasteiger partial charge on any atom is 0.417 e. The average Bonchev–Trinajstić information content (AvgIpc) is 3.59. The van der Waals surface area contributed by atoms with Crippen LogP contribution < -0.4 is 27.4 Å². The van der Waals surface area contributed by atoms with Crippen LogP contribution in [-0.2, 0) is 15.7 Å². The van der Waals surface area contributed by atoms with Crippen molar-refractivity contribution in [3.63, 3.8) is 0 Å². The molecule has 10 N–H and O–H groups in total. The highest BCUT2D eigenvalue weighted by Crippen LogP contribution is 2.40. The van der Waals surface area contributed by atoms with Crippen LogP contribution >= 0.6 is 0 Å². The number of benzene rings is 2. The summed E-state index contributed by atoms with van der Waals surface area (Å²) in [7, 11) is 1.05. The van der Waals surface area contributed by atoms with Crippen LogP contribution in [0.15, 0.2) is 41.9 Å². The summed E-state index contributed by atoms with van der Waals surface area (Å²) in [5.74, 6) is -1.40. The van der Waals surface area contributed by atoms with Crippen molar-refractivity contribution >= 4 is 51.4 Å². The number of alkyl halides is 3. The Kier molecular flexibility index (Phi) is 9.68. The molecule has 1 aliphatic rings. The summed E-state index contributed by atoms with van der Waals surface area (Å²) in [6.45, 7) is 0.218. The molecule has 0 unspecified atom stereocenters. The average molecular weight is 677 g/mol. The van der Waals surface area contributed by atoms with E-state index in [0.29, 0.717) is 23.7 Å². The Labute approximate surface area is 268 Å². The predicted molar refractivity (Wildman–Crippen MR) is 164 cm³/mol. The second kappa shape index (κ2) is 13.7. The van der Waals surface area contributed by atoms with Gasteiger partial charge < -0.3 is 52.2 Å². The molecule has 1 fully saturated rings. The molecular formula is C28H31F3N10O7. The number of halogens is 3. The first-order valence-electron chi connectivity index (χ1n) is 14.3. The number of imidazole rings is 1. The first-order chi connectivity index (χ1) is 22.8. The quantitative estimate of drug-likeness (QED) is 0.0529. The summed E-state index contributed by atoms with van der Waals surface area (Å²) in [5.41, 5.74) is 10.6. The molecule has 5 rings (SSSR count). The number of nitrogens with two attached hydrogens (primary N) is 2. The van der Waals surface area contributed by atoms with Crippen molar-refractivity contribution in [2.75, 3.05) is 37.8 Å². The van der Waals surface area contributed by atoms with Crippen molar-refractivity contribution in [2.24, 2.45) is 10.7 Å². The van der Waals surface area contributed by atoms with E-state index in [2.05, 4.69) is 40.6 Å². The number of aromatic hydroxyl groups is 1. The lowest BCUT2D eigenvalue weighted by Gasteiger charge is -2.16. The zero-order valence-corrected chi connectivity index (χ0v) is 25.1. The van der Waals surface area contributed by atoms with Crippen LogP contribution in [0.3, 0.4) is 0 Å². The molecule has 2 aromatic heterocycles. The number of phenolic OH excluding ortho intramolecular Hbond substituents is 1. The van der Waals surface area contributed by atoms with Crippen LogP contribution in [0.1, 0.15) is 28.6 Å². The number of aromatic nitrogens is 4. The summed E-state index contributed by atoms with van der Waals surface area (Å²) >= 11 is 0. The standard InChI is InChI=1S/C28H31F3N10O7/c1-47-25(45)12-5-14-15(17(42)6-12)7-13(8-16(14)28(29,30)31)40-27(46)35-4-2-3-34-26(33)36-9-18-20(43)21(44)24(48-18)41-11-39-19-22(32)37-10-38-23(19)41/h5-8,10-11,18,20-21,24,42-44H,2-4,9H2,1H3,(H2,32,37,38)(H3,33,34,36)(H2,35,40,46)/t18-,20-,21-,24-/m1/s1. The number of fused-ring (bicyclic) bond motifs is 2. The summed E-state index contributed by atoms with van der Waals surface area (Å²) in [4.78, 5) is 40.5. The minimum Gasteiger partial charge on any atom is -0.507 e. The third-order valence-corrected chi connectivity index (χ3v) is 7.42. The Balaban J connectivity index is 1.11. The van der Waals surface area contributed by atoms with Gasteiger partial charge in [0.1, 0.15) is 35.9 Å². The molecule has 256 valence electrons. The predicted octanol–water partition coefficient (Wildman–Crippen LogP) is 0.808. The number of amides is 2. The van der Waals surface area contributed by atoms with Gasteiger partial charge in [-0.2, -0.15) is 13.2 Å². The Morgan fingerprint density at radius 3 is 2.56 bits per heavy atom. The van der Waals surface area contributed by atoms with Gasteiger partial charge in [-0.25, -0.2) is 24.5 Å². The second-order valence-corrected chi connectivity index (χ2v) is 10.6. The fourth-order valence-corrected chi connectivity index (χ4v) is 5.08. The molecule has 17 nitrogen and oxygen atoms in total. The highest BCUT2D eigenvalue weighted by atomic mass is 19.4. The molecule has 0 aliphatic carbocycles. The molecule has 4 aromatic rings. The lowest BCUT2D eigenvalue weighted by atomic mass is 9.99. The van der Waals surface area contributed by atoms with E-state index in [9.17, 15) is 38.1 Å². The number of nitrogens with one attached hydrogen (secondary N) is 3. The van der Waals surface area contributed by atoms with Gasteiger partial charge in [-0.05, 0) is 36.1 Å². The Hall–Kier alpha value is -5.47. The zero-order chi connectivity index (χ0) is 34.7. The van der Waals surface area contributed by atoms with E-state index in [1.807, 2.05) is 0 Å². The smallest absolute Gasteiger partial charge is 0.417 e. The molecule has 0 bridgehead atoms. The summed E-state index contributed by atoms with van der Waals surface area (Å²) in [5, 5.41) is 38.3. The number of carbonyl (C=O) groups is 2. The zero-order valence-electron chi connectivity index (χ0n) is 25.1. The number of aliphatic imine (C=N–C) groups is 1. The van der Waals surface area contributed by atoms with Crippen LogP contribution in [0, 0.1) is 0 Å². The van der Waals surface area contributed by atoms with E-state index in [1.54, 1.807) is 0 Å². The van der Waals surface area contributed by atoms with E-state index in [1.165, 1.54) is 17.2 Å². The van der Waals surface area contributed by atoms with Crippen molar-refractivity contribution in [1.29, 1.82) is 0 Å². The van der Waals surface area contributed by atoms with Crippen molar-refractivity contribution in [2.45, 2.75) is 37.1 Å². The number of methoxy groups -OCH3 is 1. The number of anilines is 2. The summed E-state index contributed by atoms with van der Waals surface area (Å²) in [6, 6.07) is 2.95. The van der Waals surface area contributed by atoms with Gasteiger partial charge in [-0.3, -0.25) is 9.56 Å². The molecule has 2 aromatic carbocycles. The van der Waals surface area contributed by atoms with Gasteiger partial charge in [0.15, 0.2) is 23.7 Å². The van der Waals surface area contributed by atoms with E-state index >= 15 is 0 Å². The molecule has 1 saturated heterocycles. The monoisotopic (exact) mass is 676 g/mol. The molecular weight excluding hydrogens is 645 g/mol. The van der Waals surface area contributed by atoms with Gasteiger partial charge in [0, 0.05) is 24.2 Å². The number of guanidine groups is 1.